The maximum absolute atomic E-state index is 12.7. The molecule has 1 fully saturated rings. The first kappa shape index (κ1) is 18.9. The van der Waals surface area contributed by atoms with Gasteiger partial charge in [0.1, 0.15) is 5.60 Å². The molecular weight excluding hydrogens is 322 g/mol. The molecule has 0 radical (unpaired) electrons. The van der Waals surface area contributed by atoms with Gasteiger partial charge in [0.05, 0.1) is 6.54 Å². The Balaban J connectivity index is 2.16. The van der Waals surface area contributed by atoms with Gasteiger partial charge in [-0.1, -0.05) is 18.2 Å². The van der Waals surface area contributed by atoms with Crippen LogP contribution in [0.3, 0.4) is 0 Å². The SMILES string of the molecule is CC(C)(C)OC(=O)N(Cc1ccccc1N)C1CCN(C(=O)O)CC1. The quantitative estimate of drug-likeness (QED) is 0.817. The normalized spacial score (nSPS) is 15.7. The molecule has 0 bridgehead atoms. The highest BCUT2D eigenvalue weighted by Crippen LogP contribution is 2.24. The second-order valence-corrected chi connectivity index (χ2v) is 7.31. The van der Waals surface area contributed by atoms with E-state index in [0.29, 0.717) is 38.2 Å². The highest BCUT2D eigenvalue weighted by atomic mass is 16.6. The summed E-state index contributed by atoms with van der Waals surface area (Å²) in [6.45, 7) is 6.64. The van der Waals surface area contributed by atoms with Crippen molar-refractivity contribution in [3.63, 3.8) is 0 Å². The lowest BCUT2D eigenvalue weighted by Crippen LogP contribution is -2.49. The second kappa shape index (κ2) is 7.63. The third-order valence-electron chi connectivity index (χ3n) is 4.20. The van der Waals surface area contributed by atoms with Crippen LogP contribution >= 0.6 is 0 Å². The number of nitrogens with zero attached hydrogens (tertiary/aromatic N) is 2. The number of para-hydroxylation sites is 1. The van der Waals surface area contributed by atoms with Crippen LogP contribution in [-0.4, -0.2) is 51.8 Å². The molecule has 0 atom stereocenters. The minimum Gasteiger partial charge on any atom is -0.465 e. The molecule has 0 aliphatic carbocycles. The Hall–Kier alpha value is -2.44. The zero-order valence-electron chi connectivity index (χ0n) is 15.1. The molecule has 138 valence electrons. The fourth-order valence-corrected chi connectivity index (χ4v) is 2.89. The lowest BCUT2D eigenvalue weighted by atomic mass is 10.0. The van der Waals surface area contributed by atoms with Crippen molar-refractivity contribution in [3.05, 3.63) is 29.8 Å². The third kappa shape index (κ3) is 5.27. The average Bonchev–Trinajstić information content (AvgIpc) is 2.52. The molecule has 7 heteroatoms. The van der Waals surface area contributed by atoms with Gasteiger partial charge >= 0.3 is 12.2 Å². The van der Waals surface area contributed by atoms with E-state index in [9.17, 15) is 9.59 Å². The molecule has 0 unspecified atom stereocenters. The number of carboxylic acid groups (broad SMARTS) is 1. The Labute approximate surface area is 148 Å². The Kier molecular flexibility index (Phi) is 5.77. The number of nitrogen functional groups attached to an aromatic ring is 1. The first-order valence-corrected chi connectivity index (χ1v) is 8.48. The summed E-state index contributed by atoms with van der Waals surface area (Å²) in [5, 5.41) is 9.10. The Bertz CT molecular complexity index is 619. The molecule has 1 saturated heterocycles. The maximum Gasteiger partial charge on any atom is 0.410 e. The van der Waals surface area contributed by atoms with E-state index in [1.165, 1.54) is 4.90 Å². The van der Waals surface area contributed by atoms with Crippen LogP contribution in [0.4, 0.5) is 15.3 Å². The summed E-state index contributed by atoms with van der Waals surface area (Å²) in [5.74, 6) is 0. The molecule has 0 aromatic heterocycles. The summed E-state index contributed by atoms with van der Waals surface area (Å²) in [4.78, 5) is 26.9. The summed E-state index contributed by atoms with van der Waals surface area (Å²) in [7, 11) is 0. The molecule has 1 aromatic rings. The number of rotatable bonds is 3. The fraction of sp³-hybridized carbons (Fsp3) is 0.556. The number of anilines is 1. The van der Waals surface area contributed by atoms with Crippen molar-refractivity contribution in [1.82, 2.24) is 9.80 Å². The minimum atomic E-state index is -0.922. The van der Waals surface area contributed by atoms with Crippen molar-refractivity contribution in [3.8, 4) is 0 Å². The zero-order valence-corrected chi connectivity index (χ0v) is 15.1. The number of piperidine rings is 1. The van der Waals surface area contributed by atoms with Gasteiger partial charge in [0.25, 0.3) is 0 Å². The van der Waals surface area contributed by atoms with Crippen molar-refractivity contribution in [2.24, 2.45) is 0 Å². The van der Waals surface area contributed by atoms with Crippen molar-refractivity contribution in [2.45, 2.75) is 51.8 Å². The molecule has 1 aliphatic rings. The predicted molar refractivity (Wildman–Crippen MR) is 95.3 cm³/mol. The first-order valence-electron chi connectivity index (χ1n) is 8.48. The van der Waals surface area contributed by atoms with Crippen LogP contribution < -0.4 is 5.73 Å². The fourth-order valence-electron chi connectivity index (χ4n) is 2.89. The number of likely N-dealkylation sites (tertiary alicyclic amines) is 1. The van der Waals surface area contributed by atoms with E-state index in [1.54, 1.807) is 11.0 Å². The standard InChI is InChI=1S/C18H27N3O4/c1-18(2,3)25-17(24)21(12-13-6-4-5-7-15(13)19)14-8-10-20(11-9-14)16(22)23/h4-7,14H,8-12,19H2,1-3H3,(H,22,23). The Morgan fingerprint density at radius 3 is 2.40 bits per heavy atom. The molecule has 2 amide bonds. The van der Waals surface area contributed by atoms with E-state index in [2.05, 4.69) is 0 Å². The number of carbonyl (C=O) groups excluding carboxylic acids is 1. The van der Waals surface area contributed by atoms with E-state index in [-0.39, 0.29) is 6.04 Å². The van der Waals surface area contributed by atoms with Gasteiger partial charge in [-0.3, -0.25) is 0 Å². The highest BCUT2D eigenvalue weighted by Gasteiger charge is 2.32. The summed E-state index contributed by atoms with van der Waals surface area (Å²) >= 11 is 0. The van der Waals surface area contributed by atoms with Gasteiger partial charge in [-0.05, 0) is 45.2 Å². The maximum atomic E-state index is 12.7. The molecule has 3 N–H and O–H groups in total. The molecular formula is C18H27N3O4. The second-order valence-electron chi connectivity index (χ2n) is 7.31. The van der Waals surface area contributed by atoms with Crippen LogP contribution in [0.5, 0.6) is 0 Å². The number of hydrogen-bond acceptors (Lipinski definition) is 4. The lowest BCUT2D eigenvalue weighted by molar-refractivity contribution is 0.00670. The van der Waals surface area contributed by atoms with E-state index in [1.807, 2.05) is 39.0 Å². The largest absolute Gasteiger partial charge is 0.465 e. The van der Waals surface area contributed by atoms with Crippen molar-refractivity contribution < 1.29 is 19.4 Å². The first-order chi connectivity index (χ1) is 11.7. The lowest BCUT2D eigenvalue weighted by Gasteiger charge is -2.38. The number of ether oxygens (including phenoxy) is 1. The van der Waals surface area contributed by atoms with Crippen molar-refractivity contribution in [2.75, 3.05) is 18.8 Å². The number of benzene rings is 1. The van der Waals surface area contributed by atoms with Crippen molar-refractivity contribution in [1.29, 1.82) is 0 Å². The van der Waals surface area contributed by atoms with Gasteiger partial charge in [-0.2, -0.15) is 0 Å². The molecule has 0 saturated carbocycles. The number of nitrogens with two attached hydrogens (primary N) is 1. The van der Waals surface area contributed by atoms with Crippen LogP contribution in [0.25, 0.3) is 0 Å². The summed E-state index contributed by atoms with van der Waals surface area (Å²) in [6.07, 6.45) is -0.157. The van der Waals surface area contributed by atoms with Crippen molar-refractivity contribution >= 4 is 17.9 Å². The number of hydrogen-bond donors (Lipinski definition) is 2. The monoisotopic (exact) mass is 349 g/mol. The Morgan fingerprint density at radius 1 is 1.28 bits per heavy atom. The summed E-state index contributed by atoms with van der Waals surface area (Å²) in [6, 6.07) is 7.34. The van der Waals surface area contributed by atoms with E-state index >= 15 is 0 Å². The van der Waals surface area contributed by atoms with Crippen LogP contribution in [0.2, 0.25) is 0 Å². The van der Waals surface area contributed by atoms with E-state index < -0.39 is 17.8 Å². The van der Waals surface area contributed by atoms with Crippen LogP contribution in [0, 0.1) is 0 Å². The smallest absolute Gasteiger partial charge is 0.410 e. The molecule has 2 rings (SSSR count). The van der Waals surface area contributed by atoms with Gasteiger partial charge in [0.15, 0.2) is 0 Å². The van der Waals surface area contributed by atoms with Gasteiger partial charge in [-0.15, -0.1) is 0 Å². The molecule has 0 spiro atoms. The molecule has 7 nitrogen and oxygen atoms in total. The molecule has 25 heavy (non-hydrogen) atoms. The number of amides is 2. The van der Waals surface area contributed by atoms with Gasteiger partial charge in [0.2, 0.25) is 0 Å². The zero-order chi connectivity index (χ0) is 18.6. The van der Waals surface area contributed by atoms with E-state index in [0.717, 1.165) is 5.56 Å². The molecule has 1 aromatic carbocycles. The van der Waals surface area contributed by atoms with Crippen LogP contribution in [-0.2, 0) is 11.3 Å². The van der Waals surface area contributed by atoms with Gasteiger partial charge in [0, 0.05) is 24.8 Å². The van der Waals surface area contributed by atoms with Gasteiger partial charge < -0.3 is 25.4 Å². The molecule has 1 aliphatic heterocycles. The van der Waals surface area contributed by atoms with E-state index in [4.69, 9.17) is 15.6 Å². The summed E-state index contributed by atoms with van der Waals surface area (Å²) < 4.78 is 5.56. The Morgan fingerprint density at radius 2 is 1.88 bits per heavy atom. The minimum absolute atomic E-state index is 0.0787. The average molecular weight is 349 g/mol. The van der Waals surface area contributed by atoms with Gasteiger partial charge in [-0.25, -0.2) is 9.59 Å². The third-order valence-corrected chi connectivity index (χ3v) is 4.20. The highest BCUT2D eigenvalue weighted by molar-refractivity contribution is 5.69. The topological polar surface area (TPSA) is 96.1 Å². The molecule has 1 heterocycles. The van der Waals surface area contributed by atoms with Crippen LogP contribution in [0.1, 0.15) is 39.2 Å². The van der Waals surface area contributed by atoms with Crippen LogP contribution in [0.15, 0.2) is 24.3 Å². The number of carbonyl (C=O) groups is 2. The predicted octanol–water partition coefficient (Wildman–Crippen LogP) is 3.15. The summed E-state index contributed by atoms with van der Waals surface area (Å²) in [5.41, 5.74) is 6.90.